The summed E-state index contributed by atoms with van der Waals surface area (Å²) in [7, 11) is -3.83. The zero-order valence-electron chi connectivity index (χ0n) is 17.6. The Morgan fingerprint density at radius 1 is 0.938 bits per heavy atom. The van der Waals surface area contributed by atoms with Crippen LogP contribution in [0.5, 0.6) is 11.6 Å². The van der Waals surface area contributed by atoms with Gasteiger partial charge < -0.3 is 4.74 Å². The number of nitrogens with zero attached hydrogens (tertiary/aromatic N) is 4. The highest BCUT2D eigenvalue weighted by atomic mass is 32.2. The van der Waals surface area contributed by atoms with Gasteiger partial charge in [0.15, 0.2) is 5.82 Å². The fourth-order valence-electron chi connectivity index (χ4n) is 3.09. The molecule has 0 fully saturated rings. The summed E-state index contributed by atoms with van der Waals surface area (Å²) in [5.41, 5.74) is 2.15. The lowest BCUT2D eigenvalue weighted by atomic mass is 10.3. The zero-order valence-corrected chi connectivity index (χ0v) is 18.4. The molecule has 10 heteroatoms. The second kappa shape index (κ2) is 8.39. The molecule has 2 aromatic heterocycles. The van der Waals surface area contributed by atoms with Crippen LogP contribution in [0.2, 0.25) is 0 Å². The van der Waals surface area contributed by atoms with Crippen LogP contribution in [0.1, 0.15) is 17.2 Å². The monoisotopic (exact) mass is 453 g/mol. The van der Waals surface area contributed by atoms with Crippen LogP contribution in [0.25, 0.3) is 5.82 Å². The molecule has 4 rings (SSSR count). The summed E-state index contributed by atoms with van der Waals surface area (Å²) >= 11 is 0. The first-order valence-electron chi connectivity index (χ1n) is 9.65. The van der Waals surface area contributed by atoms with Crippen LogP contribution in [-0.2, 0) is 10.0 Å². The second-order valence-corrected chi connectivity index (χ2v) is 8.82. The van der Waals surface area contributed by atoms with Gasteiger partial charge in [-0.3, -0.25) is 4.72 Å². The van der Waals surface area contributed by atoms with E-state index in [1.807, 2.05) is 19.9 Å². The summed E-state index contributed by atoms with van der Waals surface area (Å²) in [6.45, 7) is 5.60. The molecule has 164 valence electrons. The van der Waals surface area contributed by atoms with Crippen molar-refractivity contribution in [3.05, 3.63) is 83.7 Å². The normalized spacial score (nSPS) is 11.4. The molecule has 1 N–H and O–H groups in total. The first-order valence-corrected chi connectivity index (χ1v) is 11.1. The van der Waals surface area contributed by atoms with Crippen LogP contribution >= 0.6 is 0 Å². The van der Waals surface area contributed by atoms with Gasteiger partial charge in [0, 0.05) is 17.4 Å². The molecule has 2 heterocycles. The van der Waals surface area contributed by atoms with Crippen molar-refractivity contribution in [3.8, 4) is 17.4 Å². The third-order valence-corrected chi connectivity index (χ3v) is 5.88. The standard InChI is InChI=1S/C22H20FN5O3S/c1-14-12-15(2)28(26-14)21-13-22(25-16(3)24-21)31-19-8-6-18(7-9-19)27-32(29,30)20-10-4-17(23)5-11-20/h4-13,27H,1-3H3. The Balaban J connectivity index is 1.52. The summed E-state index contributed by atoms with van der Waals surface area (Å²) in [5.74, 6) is 1.40. The molecule has 0 aliphatic rings. The van der Waals surface area contributed by atoms with Crippen molar-refractivity contribution in [1.82, 2.24) is 19.7 Å². The molecule has 0 bridgehead atoms. The maximum atomic E-state index is 13.0. The molecule has 32 heavy (non-hydrogen) atoms. The molecule has 2 aromatic carbocycles. The number of aryl methyl sites for hydroxylation is 3. The number of halogens is 1. The predicted octanol–water partition coefficient (Wildman–Crippen LogP) is 4.32. The number of sulfonamides is 1. The second-order valence-electron chi connectivity index (χ2n) is 7.14. The zero-order chi connectivity index (χ0) is 22.9. The Bertz CT molecular complexity index is 1370. The highest BCUT2D eigenvalue weighted by Crippen LogP contribution is 2.25. The van der Waals surface area contributed by atoms with E-state index in [1.54, 1.807) is 41.9 Å². The van der Waals surface area contributed by atoms with Gasteiger partial charge in [-0.15, -0.1) is 0 Å². The Labute approximate surface area is 184 Å². The number of benzene rings is 2. The van der Waals surface area contributed by atoms with Gasteiger partial charge in [-0.05, 0) is 75.4 Å². The number of hydrogen-bond acceptors (Lipinski definition) is 6. The number of anilines is 1. The topological polar surface area (TPSA) is 99.0 Å². The van der Waals surface area contributed by atoms with E-state index in [1.165, 1.54) is 12.1 Å². The van der Waals surface area contributed by atoms with Gasteiger partial charge in [-0.25, -0.2) is 22.5 Å². The summed E-state index contributed by atoms with van der Waals surface area (Å²) < 4.78 is 47.9. The van der Waals surface area contributed by atoms with Crippen LogP contribution in [-0.4, -0.2) is 28.2 Å². The maximum Gasteiger partial charge on any atom is 0.261 e. The number of ether oxygens (including phenoxy) is 1. The first kappa shape index (κ1) is 21.4. The molecule has 0 unspecified atom stereocenters. The average molecular weight is 453 g/mol. The molecule has 8 nitrogen and oxygen atoms in total. The van der Waals surface area contributed by atoms with E-state index in [4.69, 9.17) is 4.74 Å². The molecule has 0 amide bonds. The Morgan fingerprint density at radius 2 is 1.62 bits per heavy atom. The van der Waals surface area contributed by atoms with Crippen molar-refractivity contribution >= 4 is 15.7 Å². The third-order valence-electron chi connectivity index (χ3n) is 4.48. The summed E-state index contributed by atoms with van der Waals surface area (Å²) in [6, 6.07) is 14.6. The van der Waals surface area contributed by atoms with Gasteiger partial charge in [0.1, 0.15) is 17.4 Å². The van der Waals surface area contributed by atoms with Gasteiger partial charge in [0.25, 0.3) is 10.0 Å². The molecule has 4 aromatic rings. The largest absolute Gasteiger partial charge is 0.439 e. The number of hydrogen-bond donors (Lipinski definition) is 1. The minimum absolute atomic E-state index is 0.0348. The highest BCUT2D eigenvalue weighted by molar-refractivity contribution is 7.92. The fourth-order valence-corrected chi connectivity index (χ4v) is 4.15. The number of rotatable bonds is 6. The van der Waals surface area contributed by atoms with Gasteiger partial charge in [-0.2, -0.15) is 10.1 Å². The van der Waals surface area contributed by atoms with E-state index in [2.05, 4.69) is 19.8 Å². The van der Waals surface area contributed by atoms with Crippen molar-refractivity contribution < 1.29 is 17.5 Å². The van der Waals surface area contributed by atoms with E-state index in [0.717, 1.165) is 23.5 Å². The van der Waals surface area contributed by atoms with E-state index in [9.17, 15) is 12.8 Å². The van der Waals surface area contributed by atoms with Crippen molar-refractivity contribution in [3.63, 3.8) is 0 Å². The average Bonchev–Trinajstić information content (AvgIpc) is 3.07. The van der Waals surface area contributed by atoms with Crippen molar-refractivity contribution in [2.75, 3.05) is 4.72 Å². The van der Waals surface area contributed by atoms with Crippen LogP contribution in [0.4, 0.5) is 10.1 Å². The summed E-state index contributed by atoms with van der Waals surface area (Å²) in [4.78, 5) is 8.69. The molecule has 0 aliphatic heterocycles. The SMILES string of the molecule is Cc1cc(C)n(-c2cc(Oc3ccc(NS(=O)(=O)c4ccc(F)cc4)cc3)nc(C)n2)n1. The van der Waals surface area contributed by atoms with Crippen LogP contribution in [0.15, 0.2) is 65.6 Å². The smallest absolute Gasteiger partial charge is 0.261 e. The van der Waals surface area contributed by atoms with Crippen LogP contribution in [0.3, 0.4) is 0 Å². The minimum Gasteiger partial charge on any atom is -0.439 e. The molecule has 0 atom stereocenters. The van der Waals surface area contributed by atoms with E-state index in [0.29, 0.717) is 29.0 Å². The Morgan fingerprint density at radius 3 is 2.25 bits per heavy atom. The Kier molecular flexibility index (Phi) is 5.62. The lowest BCUT2D eigenvalue weighted by molar-refractivity contribution is 0.459. The quantitative estimate of drug-likeness (QED) is 0.467. The predicted molar refractivity (Wildman–Crippen MR) is 117 cm³/mol. The third kappa shape index (κ3) is 4.75. The minimum atomic E-state index is -3.83. The van der Waals surface area contributed by atoms with E-state index >= 15 is 0 Å². The fraction of sp³-hybridized carbons (Fsp3) is 0.136. The van der Waals surface area contributed by atoms with Crippen molar-refractivity contribution in [2.24, 2.45) is 0 Å². The molecule has 0 saturated carbocycles. The van der Waals surface area contributed by atoms with Gasteiger partial charge >= 0.3 is 0 Å². The summed E-state index contributed by atoms with van der Waals surface area (Å²) in [6.07, 6.45) is 0. The number of nitrogens with one attached hydrogen (secondary N) is 1. The van der Waals surface area contributed by atoms with Gasteiger partial charge in [0.2, 0.25) is 5.88 Å². The molecule has 0 radical (unpaired) electrons. The Hall–Kier alpha value is -3.79. The van der Waals surface area contributed by atoms with Crippen molar-refractivity contribution in [2.45, 2.75) is 25.7 Å². The van der Waals surface area contributed by atoms with E-state index in [-0.39, 0.29) is 4.90 Å². The maximum absolute atomic E-state index is 13.0. The van der Waals surface area contributed by atoms with Gasteiger partial charge in [-0.1, -0.05) is 0 Å². The van der Waals surface area contributed by atoms with Crippen molar-refractivity contribution in [1.29, 1.82) is 0 Å². The molecular formula is C22H20FN5O3S. The lowest BCUT2D eigenvalue weighted by Crippen LogP contribution is -2.12. The van der Waals surface area contributed by atoms with Gasteiger partial charge in [0.05, 0.1) is 10.6 Å². The van der Waals surface area contributed by atoms with E-state index < -0.39 is 15.8 Å². The van der Waals surface area contributed by atoms with Crippen LogP contribution in [0, 0.1) is 26.6 Å². The molecule has 0 spiro atoms. The summed E-state index contributed by atoms with van der Waals surface area (Å²) in [5, 5.41) is 4.43. The molecule has 0 aliphatic carbocycles. The van der Waals surface area contributed by atoms with Crippen LogP contribution < -0.4 is 9.46 Å². The number of aromatic nitrogens is 4. The highest BCUT2D eigenvalue weighted by Gasteiger charge is 2.14. The molecule has 0 saturated heterocycles. The lowest BCUT2D eigenvalue weighted by Gasteiger charge is -2.11. The first-order chi connectivity index (χ1) is 15.2. The molecular weight excluding hydrogens is 433 g/mol.